The van der Waals surface area contributed by atoms with Gasteiger partial charge in [0.25, 0.3) is 0 Å². The molecule has 3 nitrogen and oxygen atoms in total. The Kier molecular flexibility index (Phi) is 6.01. The van der Waals surface area contributed by atoms with Crippen LogP contribution in [0.4, 0.5) is 0 Å². The van der Waals surface area contributed by atoms with E-state index in [0.29, 0.717) is 0 Å². The minimum absolute atomic E-state index is 0.841. The van der Waals surface area contributed by atoms with Gasteiger partial charge in [0.05, 0.1) is 0 Å². The Morgan fingerprint density at radius 3 is 2.62 bits per heavy atom. The maximum absolute atomic E-state index is 4.03. The molecule has 0 aromatic carbocycles. The zero-order chi connectivity index (χ0) is 11.8. The number of aromatic nitrogens is 2. The molecule has 1 atom stereocenters. The second-order valence-corrected chi connectivity index (χ2v) is 4.23. The number of nitrogens with zero attached hydrogens (tertiary/aromatic N) is 3. The van der Waals surface area contributed by atoms with Gasteiger partial charge in [0, 0.05) is 31.0 Å². The van der Waals surface area contributed by atoms with E-state index >= 15 is 0 Å². The lowest BCUT2D eigenvalue weighted by molar-refractivity contribution is 0.176. The molecule has 16 heavy (non-hydrogen) atoms. The standard InChI is InChI=1S/C11H17N3.C2H6/c1-10-3-2-4-14(7-10)8-11-5-12-9-13-6-11;1-2/h5-6,9-10H,2-4,7-8H2,1H3;1-2H3. The third kappa shape index (κ3) is 4.27. The summed E-state index contributed by atoms with van der Waals surface area (Å²) >= 11 is 0. The topological polar surface area (TPSA) is 29.0 Å². The van der Waals surface area contributed by atoms with E-state index in [1.165, 1.54) is 31.5 Å². The average Bonchev–Trinajstić information content (AvgIpc) is 2.33. The van der Waals surface area contributed by atoms with Crippen molar-refractivity contribution in [2.45, 2.75) is 40.2 Å². The Bertz CT molecular complexity index is 274. The molecular weight excluding hydrogens is 198 g/mol. The number of likely N-dealkylation sites (tertiary alicyclic amines) is 1. The maximum Gasteiger partial charge on any atom is 0.115 e. The van der Waals surface area contributed by atoms with Crippen molar-refractivity contribution in [2.24, 2.45) is 5.92 Å². The van der Waals surface area contributed by atoms with Crippen molar-refractivity contribution in [3.05, 3.63) is 24.3 Å². The van der Waals surface area contributed by atoms with Gasteiger partial charge in [-0.25, -0.2) is 9.97 Å². The lowest BCUT2D eigenvalue weighted by Gasteiger charge is -2.30. The van der Waals surface area contributed by atoms with Gasteiger partial charge < -0.3 is 0 Å². The highest BCUT2D eigenvalue weighted by Crippen LogP contribution is 2.16. The first kappa shape index (κ1) is 13.1. The molecule has 1 aliphatic rings. The Balaban J connectivity index is 0.000000606. The Morgan fingerprint density at radius 2 is 2.00 bits per heavy atom. The molecule has 0 aliphatic carbocycles. The molecule has 0 saturated carbocycles. The summed E-state index contributed by atoms with van der Waals surface area (Å²) in [6.45, 7) is 9.77. The molecule has 0 radical (unpaired) electrons. The minimum Gasteiger partial charge on any atom is -0.299 e. The average molecular weight is 221 g/mol. The molecule has 0 bridgehead atoms. The molecule has 0 spiro atoms. The summed E-state index contributed by atoms with van der Waals surface area (Å²) in [5, 5.41) is 0. The summed E-state index contributed by atoms with van der Waals surface area (Å²) in [7, 11) is 0. The first-order valence-corrected chi connectivity index (χ1v) is 6.31. The maximum atomic E-state index is 4.03. The van der Waals surface area contributed by atoms with Gasteiger partial charge in [0.15, 0.2) is 0 Å². The van der Waals surface area contributed by atoms with Gasteiger partial charge in [-0.05, 0) is 25.3 Å². The largest absolute Gasteiger partial charge is 0.299 e. The fourth-order valence-corrected chi connectivity index (χ4v) is 2.10. The lowest BCUT2D eigenvalue weighted by Crippen LogP contribution is -2.33. The number of hydrogen-bond acceptors (Lipinski definition) is 3. The first-order chi connectivity index (χ1) is 7.84. The molecule has 1 aromatic heterocycles. The molecule has 0 amide bonds. The van der Waals surface area contributed by atoms with Crippen LogP contribution < -0.4 is 0 Å². The minimum atomic E-state index is 0.841. The van der Waals surface area contributed by atoms with Crippen LogP contribution in [0.3, 0.4) is 0 Å². The van der Waals surface area contributed by atoms with Crippen molar-refractivity contribution in [3.8, 4) is 0 Å². The molecule has 1 aliphatic heterocycles. The highest BCUT2D eigenvalue weighted by atomic mass is 15.1. The molecular formula is C13H23N3. The SMILES string of the molecule is CC.CC1CCCN(Cc2cncnc2)C1. The van der Waals surface area contributed by atoms with Crippen molar-refractivity contribution in [1.82, 2.24) is 14.9 Å². The van der Waals surface area contributed by atoms with Crippen molar-refractivity contribution in [2.75, 3.05) is 13.1 Å². The van der Waals surface area contributed by atoms with Crippen LogP contribution in [-0.2, 0) is 6.54 Å². The van der Waals surface area contributed by atoms with E-state index in [1.54, 1.807) is 6.33 Å². The molecule has 2 rings (SSSR count). The Labute approximate surface area is 98.9 Å². The van der Waals surface area contributed by atoms with Crippen LogP contribution in [0.15, 0.2) is 18.7 Å². The predicted molar refractivity (Wildman–Crippen MR) is 67.1 cm³/mol. The quantitative estimate of drug-likeness (QED) is 0.769. The monoisotopic (exact) mass is 221 g/mol. The van der Waals surface area contributed by atoms with Crippen molar-refractivity contribution in [1.29, 1.82) is 0 Å². The van der Waals surface area contributed by atoms with E-state index in [9.17, 15) is 0 Å². The normalized spacial score (nSPS) is 21.1. The van der Waals surface area contributed by atoms with Crippen LogP contribution in [0.1, 0.15) is 39.2 Å². The molecule has 1 aromatic rings. The number of piperidine rings is 1. The number of hydrogen-bond donors (Lipinski definition) is 0. The third-order valence-electron chi connectivity index (χ3n) is 2.76. The van der Waals surface area contributed by atoms with Crippen LogP contribution in [0.2, 0.25) is 0 Å². The molecule has 1 unspecified atom stereocenters. The highest BCUT2D eigenvalue weighted by molar-refractivity contribution is 5.02. The summed E-state index contributed by atoms with van der Waals surface area (Å²) in [4.78, 5) is 10.6. The number of rotatable bonds is 2. The van der Waals surface area contributed by atoms with E-state index in [1.807, 2.05) is 26.2 Å². The summed E-state index contributed by atoms with van der Waals surface area (Å²) in [5.74, 6) is 0.841. The summed E-state index contributed by atoms with van der Waals surface area (Å²) in [6.07, 6.45) is 8.11. The molecule has 3 heteroatoms. The van der Waals surface area contributed by atoms with Gasteiger partial charge in [0.2, 0.25) is 0 Å². The van der Waals surface area contributed by atoms with Crippen LogP contribution >= 0.6 is 0 Å². The van der Waals surface area contributed by atoms with Crippen LogP contribution in [0, 0.1) is 5.92 Å². The Morgan fingerprint density at radius 1 is 1.31 bits per heavy atom. The molecule has 0 N–H and O–H groups in total. The lowest BCUT2D eigenvalue weighted by atomic mass is 10.00. The summed E-state index contributed by atoms with van der Waals surface area (Å²) in [6, 6.07) is 0. The van der Waals surface area contributed by atoms with Crippen molar-refractivity contribution >= 4 is 0 Å². The second-order valence-electron chi connectivity index (χ2n) is 4.23. The van der Waals surface area contributed by atoms with E-state index in [4.69, 9.17) is 0 Å². The molecule has 1 saturated heterocycles. The summed E-state index contributed by atoms with van der Waals surface area (Å²) in [5.41, 5.74) is 1.22. The van der Waals surface area contributed by atoms with E-state index in [-0.39, 0.29) is 0 Å². The van der Waals surface area contributed by atoms with E-state index < -0.39 is 0 Å². The predicted octanol–water partition coefficient (Wildman–Crippen LogP) is 2.73. The first-order valence-electron chi connectivity index (χ1n) is 6.31. The van der Waals surface area contributed by atoms with Gasteiger partial charge in [-0.15, -0.1) is 0 Å². The van der Waals surface area contributed by atoms with Crippen LogP contribution in [0.25, 0.3) is 0 Å². The van der Waals surface area contributed by atoms with Gasteiger partial charge in [-0.3, -0.25) is 4.90 Å². The van der Waals surface area contributed by atoms with Gasteiger partial charge in [-0.1, -0.05) is 20.8 Å². The van der Waals surface area contributed by atoms with Gasteiger partial charge >= 0.3 is 0 Å². The van der Waals surface area contributed by atoms with Crippen molar-refractivity contribution < 1.29 is 0 Å². The zero-order valence-electron chi connectivity index (χ0n) is 10.7. The Hall–Kier alpha value is -0.960. The van der Waals surface area contributed by atoms with Gasteiger partial charge in [0.1, 0.15) is 6.33 Å². The van der Waals surface area contributed by atoms with E-state index in [0.717, 1.165) is 12.5 Å². The van der Waals surface area contributed by atoms with Crippen LogP contribution in [-0.4, -0.2) is 28.0 Å². The van der Waals surface area contributed by atoms with Crippen molar-refractivity contribution in [3.63, 3.8) is 0 Å². The fraction of sp³-hybridized carbons (Fsp3) is 0.692. The second kappa shape index (κ2) is 7.34. The molecule has 90 valence electrons. The fourth-order valence-electron chi connectivity index (χ4n) is 2.10. The molecule has 2 heterocycles. The third-order valence-corrected chi connectivity index (χ3v) is 2.76. The smallest absolute Gasteiger partial charge is 0.115 e. The van der Waals surface area contributed by atoms with Crippen LogP contribution in [0.5, 0.6) is 0 Å². The summed E-state index contributed by atoms with van der Waals surface area (Å²) < 4.78 is 0. The highest BCUT2D eigenvalue weighted by Gasteiger charge is 2.15. The van der Waals surface area contributed by atoms with Gasteiger partial charge in [-0.2, -0.15) is 0 Å². The van der Waals surface area contributed by atoms with E-state index in [2.05, 4.69) is 21.8 Å². The molecule has 1 fully saturated rings. The zero-order valence-corrected chi connectivity index (χ0v) is 10.7.